The Kier molecular flexibility index (Phi) is 6.13. The molecule has 0 unspecified atom stereocenters. The van der Waals surface area contributed by atoms with Crippen molar-refractivity contribution in [2.75, 3.05) is 13.1 Å². The maximum atomic E-state index is 12.8. The average Bonchev–Trinajstić information content (AvgIpc) is 2.68. The summed E-state index contributed by atoms with van der Waals surface area (Å²) in [6.07, 6.45) is -4.11. The summed E-state index contributed by atoms with van der Waals surface area (Å²) in [5.41, 5.74) is 0.518. The number of halogens is 3. The first-order valence-corrected chi connectivity index (χ1v) is 10.3. The minimum Gasteiger partial charge on any atom is -0.406 e. The van der Waals surface area contributed by atoms with Gasteiger partial charge in [-0.15, -0.1) is 13.2 Å². The van der Waals surface area contributed by atoms with Crippen LogP contribution in [-0.2, 0) is 10.0 Å². The third-order valence-corrected chi connectivity index (χ3v) is 6.40. The lowest BCUT2D eigenvalue weighted by Crippen LogP contribution is -2.46. The van der Waals surface area contributed by atoms with Gasteiger partial charge in [-0.25, -0.2) is 8.42 Å². The quantitative estimate of drug-likeness (QED) is 0.794. The molecule has 1 heterocycles. The Morgan fingerprint density at radius 3 is 2.31 bits per heavy atom. The van der Waals surface area contributed by atoms with Gasteiger partial charge in [-0.2, -0.15) is 4.31 Å². The van der Waals surface area contributed by atoms with Crippen molar-refractivity contribution in [3.8, 4) is 5.75 Å². The van der Waals surface area contributed by atoms with Gasteiger partial charge in [0.1, 0.15) is 5.75 Å². The number of alkyl halides is 3. The van der Waals surface area contributed by atoms with E-state index in [0.717, 1.165) is 12.1 Å². The Balaban J connectivity index is 1.63. The van der Waals surface area contributed by atoms with Crippen LogP contribution in [0.4, 0.5) is 13.2 Å². The predicted molar refractivity (Wildman–Crippen MR) is 98.8 cm³/mol. The van der Waals surface area contributed by atoms with Crippen molar-refractivity contribution in [3.05, 3.63) is 60.2 Å². The molecule has 0 aromatic heterocycles. The third-order valence-electron chi connectivity index (χ3n) is 4.50. The highest BCUT2D eigenvalue weighted by Crippen LogP contribution is 2.27. The molecule has 2 aromatic carbocycles. The molecule has 1 aliphatic heterocycles. The Morgan fingerprint density at radius 2 is 1.69 bits per heavy atom. The van der Waals surface area contributed by atoms with Gasteiger partial charge in [0, 0.05) is 30.8 Å². The summed E-state index contributed by atoms with van der Waals surface area (Å²) in [4.78, 5) is 11.9. The summed E-state index contributed by atoms with van der Waals surface area (Å²) in [6.45, 7) is 0.291. The van der Waals surface area contributed by atoms with E-state index in [9.17, 15) is 26.4 Å². The standard InChI is InChI=1S/C19H19F3N2O4S/c20-19(21,22)28-16-7-4-8-17(13-16)29(26,27)24-11-9-15(10-12-24)23-18(25)14-5-2-1-3-6-14/h1-8,13,15H,9-12H2,(H,23,25). The molecule has 3 rings (SSSR count). The molecule has 10 heteroatoms. The Labute approximate surface area is 166 Å². The lowest BCUT2D eigenvalue weighted by atomic mass is 10.1. The zero-order valence-electron chi connectivity index (χ0n) is 15.2. The average molecular weight is 428 g/mol. The number of hydrogen-bond acceptors (Lipinski definition) is 4. The number of sulfonamides is 1. The highest BCUT2D eigenvalue weighted by Gasteiger charge is 2.33. The zero-order valence-corrected chi connectivity index (χ0v) is 16.0. The monoisotopic (exact) mass is 428 g/mol. The molecule has 0 radical (unpaired) electrons. The van der Waals surface area contributed by atoms with Crippen LogP contribution in [0.3, 0.4) is 0 Å². The lowest BCUT2D eigenvalue weighted by molar-refractivity contribution is -0.274. The van der Waals surface area contributed by atoms with E-state index in [2.05, 4.69) is 10.1 Å². The van der Waals surface area contributed by atoms with Crippen LogP contribution in [0.25, 0.3) is 0 Å². The van der Waals surface area contributed by atoms with E-state index < -0.39 is 22.1 Å². The molecule has 29 heavy (non-hydrogen) atoms. The molecule has 0 saturated carbocycles. The molecule has 156 valence electrons. The Morgan fingerprint density at radius 1 is 1.03 bits per heavy atom. The van der Waals surface area contributed by atoms with Crippen LogP contribution in [-0.4, -0.2) is 44.1 Å². The summed E-state index contributed by atoms with van der Waals surface area (Å²) < 4.78 is 67.6. The molecule has 2 aromatic rings. The summed E-state index contributed by atoms with van der Waals surface area (Å²) >= 11 is 0. The number of rotatable bonds is 5. The third kappa shape index (κ3) is 5.48. The fraction of sp³-hybridized carbons (Fsp3) is 0.316. The molecule has 0 atom stereocenters. The molecule has 6 nitrogen and oxygen atoms in total. The van der Waals surface area contributed by atoms with Gasteiger partial charge < -0.3 is 10.1 Å². The number of piperidine rings is 1. The van der Waals surface area contributed by atoms with E-state index in [1.165, 1.54) is 16.4 Å². The molecule has 1 fully saturated rings. The topological polar surface area (TPSA) is 75.7 Å². The van der Waals surface area contributed by atoms with E-state index in [-0.39, 0.29) is 29.9 Å². The number of carbonyl (C=O) groups excluding carboxylic acids is 1. The van der Waals surface area contributed by atoms with Crippen LogP contribution in [0.1, 0.15) is 23.2 Å². The van der Waals surface area contributed by atoms with Crippen molar-refractivity contribution in [1.29, 1.82) is 0 Å². The van der Waals surface area contributed by atoms with Crippen LogP contribution in [0, 0.1) is 0 Å². The van der Waals surface area contributed by atoms with Crippen molar-refractivity contribution in [2.24, 2.45) is 0 Å². The van der Waals surface area contributed by atoms with Gasteiger partial charge in [-0.1, -0.05) is 24.3 Å². The molecule has 1 saturated heterocycles. The molecular formula is C19H19F3N2O4S. The van der Waals surface area contributed by atoms with E-state index >= 15 is 0 Å². The maximum Gasteiger partial charge on any atom is 0.573 e. The van der Waals surface area contributed by atoms with Crippen LogP contribution < -0.4 is 10.1 Å². The minimum atomic E-state index is -4.91. The molecule has 0 bridgehead atoms. The molecule has 1 N–H and O–H groups in total. The number of benzene rings is 2. The van der Waals surface area contributed by atoms with E-state index in [1.54, 1.807) is 30.3 Å². The SMILES string of the molecule is O=C(NC1CCN(S(=O)(=O)c2cccc(OC(F)(F)F)c2)CC1)c1ccccc1. The van der Waals surface area contributed by atoms with Crippen LogP contribution in [0.2, 0.25) is 0 Å². The second-order valence-corrected chi connectivity index (χ2v) is 8.48. The normalized spacial score (nSPS) is 16.4. The summed E-state index contributed by atoms with van der Waals surface area (Å²) in [5, 5.41) is 2.88. The molecular weight excluding hydrogens is 409 g/mol. The van der Waals surface area contributed by atoms with Gasteiger partial charge in [0.05, 0.1) is 4.90 Å². The minimum absolute atomic E-state index is 0.145. The van der Waals surface area contributed by atoms with Gasteiger partial charge in [0.2, 0.25) is 10.0 Å². The summed E-state index contributed by atoms with van der Waals surface area (Å²) in [5.74, 6) is -0.826. The second-order valence-electron chi connectivity index (χ2n) is 6.54. The number of nitrogens with one attached hydrogen (secondary N) is 1. The number of ether oxygens (including phenoxy) is 1. The van der Waals surface area contributed by atoms with Crippen molar-refractivity contribution in [2.45, 2.75) is 30.1 Å². The number of amides is 1. The van der Waals surface area contributed by atoms with Gasteiger partial charge in [-0.05, 0) is 37.1 Å². The molecule has 1 aliphatic rings. The Hall–Kier alpha value is -2.59. The van der Waals surface area contributed by atoms with E-state index in [0.29, 0.717) is 18.4 Å². The molecule has 0 aliphatic carbocycles. The number of carbonyl (C=O) groups is 1. The largest absolute Gasteiger partial charge is 0.573 e. The van der Waals surface area contributed by atoms with Crippen LogP contribution in [0.15, 0.2) is 59.5 Å². The fourth-order valence-corrected chi connectivity index (χ4v) is 4.58. The fourth-order valence-electron chi connectivity index (χ4n) is 3.08. The first-order chi connectivity index (χ1) is 13.6. The van der Waals surface area contributed by atoms with Gasteiger partial charge >= 0.3 is 6.36 Å². The first kappa shape index (κ1) is 21.1. The summed E-state index contributed by atoms with van der Waals surface area (Å²) in [6, 6.07) is 12.8. The highest BCUT2D eigenvalue weighted by atomic mass is 32.2. The second kappa shape index (κ2) is 8.42. The highest BCUT2D eigenvalue weighted by molar-refractivity contribution is 7.89. The molecule has 0 spiro atoms. The first-order valence-electron chi connectivity index (χ1n) is 8.87. The smallest absolute Gasteiger partial charge is 0.406 e. The van der Waals surface area contributed by atoms with Crippen LogP contribution in [0.5, 0.6) is 5.75 Å². The van der Waals surface area contributed by atoms with Crippen molar-refractivity contribution >= 4 is 15.9 Å². The number of hydrogen-bond donors (Lipinski definition) is 1. The van der Waals surface area contributed by atoms with Gasteiger partial charge in [0.25, 0.3) is 5.91 Å². The van der Waals surface area contributed by atoms with Crippen LogP contribution >= 0.6 is 0 Å². The number of nitrogens with zero attached hydrogens (tertiary/aromatic N) is 1. The van der Waals surface area contributed by atoms with Crippen molar-refractivity contribution in [3.63, 3.8) is 0 Å². The van der Waals surface area contributed by atoms with Gasteiger partial charge in [-0.3, -0.25) is 4.79 Å². The zero-order chi connectivity index (χ0) is 21.1. The molecule has 1 amide bonds. The predicted octanol–water partition coefficient (Wildman–Crippen LogP) is 3.17. The van der Waals surface area contributed by atoms with Crippen molar-refractivity contribution in [1.82, 2.24) is 9.62 Å². The Bertz CT molecular complexity index is 957. The van der Waals surface area contributed by atoms with Gasteiger partial charge in [0.15, 0.2) is 0 Å². The van der Waals surface area contributed by atoms with E-state index in [1.807, 2.05) is 0 Å². The maximum absolute atomic E-state index is 12.8. The lowest BCUT2D eigenvalue weighted by Gasteiger charge is -2.31. The van der Waals surface area contributed by atoms with Crippen molar-refractivity contribution < 1.29 is 31.1 Å². The summed E-state index contributed by atoms with van der Waals surface area (Å²) in [7, 11) is -3.97. The van der Waals surface area contributed by atoms with E-state index in [4.69, 9.17) is 0 Å².